The standard InChI is InChI=1S/C13H21N3O3S2/c1-3-4-5-10(11(17)18-2)20-13-15-14-12(21-13)16-6-8-19-9-7-16/h10H,3-9H2,1-2H3/t10-/m1/s1. The number of hydrogen-bond acceptors (Lipinski definition) is 8. The van der Waals surface area contributed by atoms with Gasteiger partial charge in [0.25, 0.3) is 0 Å². The maximum atomic E-state index is 11.8. The molecule has 1 aliphatic rings. The number of hydrogen-bond donors (Lipinski definition) is 0. The number of rotatable bonds is 7. The molecule has 8 heteroatoms. The highest BCUT2D eigenvalue weighted by atomic mass is 32.2. The lowest BCUT2D eigenvalue weighted by Gasteiger charge is -2.25. The van der Waals surface area contributed by atoms with Crippen LogP contribution >= 0.6 is 23.1 Å². The van der Waals surface area contributed by atoms with Gasteiger partial charge < -0.3 is 14.4 Å². The second-order valence-corrected chi connectivity index (χ2v) is 7.13. The zero-order valence-electron chi connectivity index (χ0n) is 12.4. The fraction of sp³-hybridized carbons (Fsp3) is 0.769. The highest BCUT2D eigenvalue weighted by Gasteiger charge is 2.23. The molecule has 0 aliphatic carbocycles. The first-order chi connectivity index (χ1) is 10.2. The summed E-state index contributed by atoms with van der Waals surface area (Å²) >= 11 is 2.99. The highest BCUT2D eigenvalue weighted by Crippen LogP contribution is 2.33. The second kappa shape index (κ2) is 8.55. The fourth-order valence-electron chi connectivity index (χ4n) is 2.00. The Balaban J connectivity index is 1.96. The van der Waals surface area contributed by atoms with E-state index in [9.17, 15) is 4.79 Å². The molecule has 0 N–H and O–H groups in total. The Labute approximate surface area is 133 Å². The molecule has 1 saturated heterocycles. The molecule has 118 valence electrons. The molecule has 1 aromatic rings. The second-order valence-electron chi connectivity index (χ2n) is 4.72. The molecule has 21 heavy (non-hydrogen) atoms. The maximum absolute atomic E-state index is 11.8. The third-order valence-electron chi connectivity index (χ3n) is 3.20. The maximum Gasteiger partial charge on any atom is 0.319 e. The van der Waals surface area contributed by atoms with Crippen molar-refractivity contribution in [3.63, 3.8) is 0 Å². The number of anilines is 1. The van der Waals surface area contributed by atoms with Crippen molar-refractivity contribution in [3.05, 3.63) is 0 Å². The van der Waals surface area contributed by atoms with Crippen LogP contribution in [0.2, 0.25) is 0 Å². The number of unbranched alkanes of at least 4 members (excludes halogenated alkanes) is 1. The van der Waals surface area contributed by atoms with E-state index < -0.39 is 0 Å². The van der Waals surface area contributed by atoms with Gasteiger partial charge in [0, 0.05) is 13.1 Å². The van der Waals surface area contributed by atoms with Crippen molar-refractivity contribution in [3.8, 4) is 0 Å². The van der Waals surface area contributed by atoms with E-state index in [1.807, 2.05) is 0 Å². The Morgan fingerprint density at radius 2 is 2.24 bits per heavy atom. The van der Waals surface area contributed by atoms with Gasteiger partial charge in [-0.05, 0) is 6.42 Å². The molecular formula is C13H21N3O3S2. The molecule has 0 radical (unpaired) electrons. The van der Waals surface area contributed by atoms with Crippen LogP contribution in [0.25, 0.3) is 0 Å². The Hall–Kier alpha value is -0.860. The molecule has 1 fully saturated rings. The van der Waals surface area contributed by atoms with Crippen molar-refractivity contribution in [2.75, 3.05) is 38.3 Å². The average Bonchev–Trinajstić information content (AvgIpc) is 3.00. The summed E-state index contributed by atoms with van der Waals surface area (Å²) in [5, 5.41) is 9.13. The van der Waals surface area contributed by atoms with E-state index in [0.717, 1.165) is 55.0 Å². The zero-order valence-corrected chi connectivity index (χ0v) is 14.0. The molecule has 1 aromatic heterocycles. The van der Waals surface area contributed by atoms with Crippen molar-refractivity contribution >= 4 is 34.2 Å². The van der Waals surface area contributed by atoms with Gasteiger partial charge in [0.15, 0.2) is 4.34 Å². The predicted octanol–water partition coefficient (Wildman–Crippen LogP) is 2.20. The third kappa shape index (κ3) is 4.82. The van der Waals surface area contributed by atoms with Crippen molar-refractivity contribution in [2.45, 2.75) is 35.8 Å². The minimum atomic E-state index is -0.194. The monoisotopic (exact) mass is 331 g/mol. The van der Waals surface area contributed by atoms with E-state index in [4.69, 9.17) is 9.47 Å². The molecule has 1 aliphatic heterocycles. The highest BCUT2D eigenvalue weighted by molar-refractivity contribution is 8.02. The van der Waals surface area contributed by atoms with E-state index in [2.05, 4.69) is 22.0 Å². The molecule has 0 saturated carbocycles. The quantitative estimate of drug-likeness (QED) is 0.560. The fourth-order valence-corrected chi connectivity index (χ4v) is 4.20. The number of methoxy groups -OCH3 is 1. The van der Waals surface area contributed by atoms with Crippen molar-refractivity contribution in [1.29, 1.82) is 0 Å². The minimum Gasteiger partial charge on any atom is -0.468 e. The van der Waals surface area contributed by atoms with Crippen LogP contribution in [0.3, 0.4) is 0 Å². The van der Waals surface area contributed by atoms with Gasteiger partial charge in [-0.2, -0.15) is 0 Å². The lowest BCUT2D eigenvalue weighted by atomic mass is 10.2. The number of aromatic nitrogens is 2. The number of nitrogens with zero attached hydrogens (tertiary/aromatic N) is 3. The largest absolute Gasteiger partial charge is 0.468 e. The molecule has 0 bridgehead atoms. The normalized spacial score (nSPS) is 16.8. The average molecular weight is 331 g/mol. The van der Waals surface area contributed by atoms with Crippen LogP contribution in [0.15, 0.2) is 4.34 Å². The van der Waals surface area contributed by atoms with Gasteiger partial charge in [-0.1, -0.05) is 42.9 Å². The Kier molecular flexibility index (Phi) is 6.72. The van der Waals surface area contributed by atoms with Gasteiger partial charge >= 0.3 is 5.97 Å². The molecule has 6 nitrogen and oxygen atoms in total. The molecule has 0 aromatic carbocycles. The molecule has 0 spiro atoms. The van der Waals surface area contributed by atoms with Crippen LogP contribution in [0, 0.1) is 0 Å². The Morgan fingerprint density at radius 1 is 1.48 bits per heavy atom. The van der Waals surface area contributed by atoms with Crippen molar-refractivity contribution in [2.24, 2.45) is 0 Å². The van der Waals surface area contributed by atoms with E-state index in [1.165, 1.54) is 30.2 Å². The third-order valence-corrected chi connectivity index (χ3v) is 5.52. The van der Waals surface area contributed by atoms with Crippen LogP contribution in [0.4, 0.5) is 5.13 Å². The van der Waals surface area contributed by atoms with Crippen LogP contribution in [-0.4, -0.2) is 54.8 Å². The van der Waals surface area contributed by atoms with Crippen LogP contribution in [-0.2, 0) is 14.3 Å². The lowest BCUT2D eigenvalue weighted by molar-refractivity contribution is -0.140. The van der Waals surface area contributed by atoms with E-state index >= 15 is 0 Å². The molecule has 2 rings (SSSR count). The van der Waals surface area contributed by atoms with E-state index in [1.54, 1.807) is 0 Å². The van der Waals surface area contributed by atoms with E-state index in [-0.39, 0.29) is 11.2 Å². The molecular weight excluding hydrogens is 310 g/mol. The molecule has 1 atom stereocenters. The first kappa shape index (κ1) is 16.5. The zero-order chi connectivity index (χ0) is 15.1. The number of ether oxygens (including phenoxy) is 2. The molecule has 2 heterocycles. The summed E-state index contributed by atoms with van der Waals surface area (Å²) < 4.78 is 11.0. The Bertz CT molecular complexity index is 450. The summed E-state index contributed by atoms with van der Waals surface area (Å²) in [5.41, 5.74) is 0. The smallest absolute Gasteiger partial charge is 0.319 e. The summed E-state index contributed by atoms with van der Waals surface area (Å²) in [4.78, 5) is 14.0. The Morgan fingerprint density at radius 3 is 2.90 bits per heavy atom. The van der Waals surface area contributed by atoms with Crippen LogP contribution in [0.1, 0.15) is 26.2 Å². The molecule has 0 amide bonds. The topological polar surface area (TPSA) is 64.5 Å². The van der Waals surface area contributed by atoms with E-state index in [0.29, 0.717) is 0 Å². The minimum absolute atomic E-state index is 0.184. The molecule has 0 unspecified atom stereocenters. The van der Waals surface area contributed by atoms with Crippen LogP contribution in [0.5, 0.6) is 0 Å². The number of thioether (sulfide) groups is 1. The summed E-state index contributed by atoms with van der Waals surface area (Å²) in [6, 6.07) is 0. The van der Waals surface area contributed by atoms with Gasteiger partial charge in [-0.25, -0.2) is 0 Å². The number of carbonyl (C=O) groups is 1. The SMILES string of the molecule is CCCC[C@@H](Sc1nnc(N2CCOCC2)s1)C(=O)OC. The first-order valence-corrected chi connectivity index (χ1v) is 8.85. The number of morpholine rings is 1. The lowest BCUT2D eigenvalue weighted by Crippen LogP contribution is -2.36. The van der Waals surface area contributed by atoms with Gasteiger partial charge in [0.2, 0.25) is 5.13 Å². The summed E-state index contributed by atoms with van der Waals surface area (Å²) in [6.45, 7) is 5.25. The summed E-state index contributed by atoms with van der Waals surface area (Å²) in [7, 11) is 1.43. The van der Waals surface area contributed by atoms with Gasteiger partial charge in [-0.3, -0.25) is 4.79 Å². The van der Waals surface area contributed by atoms with Gasteiger partial charge in [0.1, 0.15) is 5.25 Å². The van der Waals surface area contributed by atoms with Crippen molar-refractivity contribution < 1.29 is 14.3 Å². The summed E-state index contributed by atoms with van der Waals surface area (Å²) in [6.07, 6.45) is 2.87. The van der Waals surface area contributed by atoms with Gasteiger partial charge in [0.05, 0.1) is 20.3 Å². The predicted molar refractivity (Wildman–Crippen MR) is 84.1 cm³/mol. The number of esters is 1. The van der Waals surface area contributed by atoms with Gasteiger partial charge in [-0.15, -0.1) is 10.2 Å². The van der Waals surface area contributed by atoms with Crippen molar-refractivity contribution in [1.82, 2.24) is 10.2 Å². The summed E-state index contributed by atoms with van der Waals surface area (Å²) in [5.74, 6) is -0.184. The first-order valence-electron chi connectivity index (χ1n) is 7.15. The number of carbonyl (C=O) groups excluding carboxylic acids is 1. The van der Waals surface area contributed by atoms with Crippen LogP contribution < -0.4 is 4.90 Å².